The number of carbonyl (C=O) groups excluding carboxylic acids is 2. The molecule has 3 heterocycles. The van der Waals surface area contributed by atoms with E-state index in [1.165, 1.54) is 12.1 Å². The molecule has 0 bridgehead atoms. The summed E-state index contributed by atoms with van der Waals surface area (Å²) in [5, 5.41) is 13.8. The number of aromatic nitrogens is 2. The predicted molar refractivity (Wildman–Crippen MR) is 140 cm³/mol. The number of nitrogens with zero attached hydrogens (tertiary/aromatic N) is 4. The number of carbonyl (C=O) groups is 3. The summed E-state index contributed by atoms with van der Waals surface area (Å²) >= 11 is 6.13. The molecule has 9 nitrogen and oxygen atoms in total. The first kappa shape index (κ1) is 27.9. The van der Waals surface area contributed by atoms with Crippen molar-refractivity contribution in [1.29, 1.82) is 0 Å². The molecular weight excluding hydrogens is 553 g/mol. The van der Waals surface area contributed by atoms with E-state index >= 15 is 0 Å². The number of anilines is 1. The zero-order valence-corrected chi connectivity index (χ0v) is 22.2. The number of fused-ring (bicyclic) bond motifs is 1. The largest absolute Gasteiger partial charge is 0.481 e. The van der Waals surface area contributed by atoms with Crippen molar-refractivity contribution in [2.75, 3.05) is 38.2 Å². The molecule has 1 unspecified atom stereocenters. The van der Waals surface area contributed by atoms with Crippen molar-refractivity contribution in [2.45, 2.75) is 31.5 Å². The molecule has 5 rings (SSSR count). The van der Waals surface area contributed by atoms with Crippen molar-refractivity contribution in [3.63, 3.8) is 0 Å². The maximum Gasteiger partial charge on any atom is 0.417 e. The van der Waals surface area contributed by atoms with Gasteiger partial charge in [0.1, 0.15) is 0 Å². The number of alkyl halides is 3. The van der Waals surface area contributed by atoms with Crippen molar-refractivity contribution in [3.05, 3.63) is 58.1 Å². The standard InChI is InChI=1S/C27H26ClF3N4O5/c1-40-17-9-12-34(14-17)24(36)16-5-6-18-21(13-16)35(32-23(18)33-10-7-15(8-11-33)26(38)39)25(37)22-19(27(29,30)31)3-2-4-20(22)28/h2-6,13,15,17H,7-12,14H2,1H3,(H,38,39). The Kier molecular flexibility index (Phi) is 7.49. The number of rotatable bonds is 5. The number of amides is 1. The summed E-state index contributed by atoms with van der Waals surface area (Å²) in [6, 6.07) is 7.73. The number of piperidine rings is 1. The highest BCUT2D eigenvalue weighted by Crippen LogP contribution is 2.37. The summed E-state index contributed by atoms with van der Waals surface area (Å²) in [7, 11) is 1.57. The van der Waals surface area contributed by atoms with Gasteiger partial charge in [0.2, 0.25) is 0 Å². The van der Waals surface area contributed by atoms with Crippen LogP contribution >= 0.6 is 11.6 Å². The van der Waals surface area contributed by atoms with Crippen LogP contribution in [0.4, 0.5) is 19.0 Å². The van der Waals surface area contributed by atoms with Gasteiger partial charge < -0.3 is 19.6 Å². The first-order chi connectivity index (χ1) is 19.0. The lowest BCUT2D eigenvalue weighted by Gasteiger charge is -2.30. The molecule has 13 heteroatoms. The van der Waals surface area contributed by atoms with E-state index in [9.17, 15) is 32.7 Å². The van der Waals surface area contributed by atoms with Gasteiger partial charge in [0.25, 0.3) is 11.8 Å². The number of ether oxygens (including phenoxy) is 1. The number of aliphatic carboxylic acids is 1. The number of likely N-dealkylation sites (tertiary alicyclic amines) is 1. The van der Waals surface area contributed by atoms with Gasteiger partial charge in [-0.05, 0) is 49.6 Å². The Morgan fingerprint density at radius 2 is 1.77 bits per heavy atom. The molecule has 2 fully saturated rings. The van der Waals surface area contributed by atoms with Crippen molar-refractivity contribution < 1.29 is 37.4 Å². The number of carboxylic acid groups (broad SMARTS) is 1. The monoisotopic (exact) mass is 578 g/mol. The summed E-state index contributed by atoms with van der Waals surface area (Å²) in [6.45, 7) is 1.52. The van der Waals surface area contributed by atoms with Gasteiger partial charge in [0.05, 0.1) is 33.7 Å². The number of hydrogen-bond donors (Lipinski definition) is 1. The maximum atomic E-state index is 13.9. The summed E-state index contributed by atoms with van der Waals surface area (Å²) in [5.74, 6) is -2.51. The molecule has 1 N–H and O–H groups in total. The van der Waals surface area contributed by atoms with E-state index < -0.39 is 35.1 Å². The third kappa shape index (κ3) is 5.13. The molecular formula is C27H26ClF3N4O5. The predicted octanol–water partition coefficient (Wildman–Crippen LogP) is 4.56. The van der Waals surface area contributed by atoms with E-state index in [2.05, 4.69) is 5.10 Å². The minimum absolute atomic E-state index is 0.0962. The quantitative estimate of drug-likeness (QED) is 0.473. The summed E-state index contributed by atoms with van der Waals surface area (Å²) in [5.41, 5.74) is -1.57. The van der Waals surface area contributed by atoms with Gasteiger partial charge >= 0.3 is 12.1 Å². The van der Waals surface area contributed by atoms with Gasteiger partial charge in [-0.15, -0.1) is 5.10 Å². The van der Waals surface area contributed by atoms with Crippen LogP contribution in [0.1, 0.15) is 45.5 Å². The van der Waals surface area contributed by atoms with Crippen LogP contribution in [0.15, 0.2) is 36.4 Å². The van der Waals surface area contributed by atoms with Crippen LogP contribution in [0.3, 0.4) is 0 Å². The van der Waals surface area contributed by atoms with E-state index in [1.54, 1.807) is 29.0 Å². The Labute approximate surface area is 232 Å². The zero-order chi connectivity index (χ0) is 28.8. The van der Waals surface area contributed by atoms with Crippen LogP contribution in [-0.2, 0) is 15.7 Å². The number of benzene rings is 2. The van der Waals surface area contributed by atoms with Crippen molar-refractivity contribution in [1.82, 2.24) is 14.7 Å². The molecule has 0 radical (unpaired) electrons. The van der Waals surface area contributed by atoms with E-state index in [0.29, 0.717) is 56.6 Å². The molecule has 40 heavy (non-hydrogen) atoms. The first-order valence-electron chi connectivity index (χ1n) is 12.7. The van der Waals surface area contributed by atoms with Gasteiger partial charge in [-0.3, -0.25) is 14.4 Å². The molecule has 1 amide bonds. The van der Waals surface area contributed by atoms with Crippen molar-refractivity contribution >= 4 is 46.1 Å². The lowest BCUT2D eigenvalue weighted by atomic mass is 9.97. The Morgan fingerprint density at radius 1 is 1.05 bits per heavy atom. The van der Waals surface area contributed by atoms with Gasteiger partial charge in [-0.25, -0.2) is 0 Å². The second kappa shape index (κ2) is 10.7. The van der Waals surface area contributed by atoms with Crippen molar-refractivity contribution in [2.24, 2.45) is 5.92 Å². The van der Waals surface area contributed by atoms with Crippen LogP contribution in [0.2, 0.25) is 5.02 Å². The van der Waals surface area contributed by atoms with E-state index in [4.69, 9.17) is 16.3 Å². The molecule has 2 aromatic carbocycles. The number of methoxy groups -OCH3 is 1. The molecule has 1 atom stereocenters. The fraction of sp³-hybridized carbons (Fsp3) is 0.407. The highest BCUT2D eigenvalue weighted by Gasteiger charge is 2.38. The minimum atomic E-state index is -4.85. The number of hydrogen-bond acceptors (Lipinski definition) is 6. The normalized spacial score (nSPS) is 18.5. The van der Waals surface area contributed by atoms with E-state index in [1.807, 2.05) is 0 Å². The molecule has 3 aromatic rings. The number of carboxylic acids is 1. The fourth-order valence-corrected chi connectivity index (χ4v) is 5.58. The molecule has 0 aliphatic carbocycles. The third-order valence-electron chi connectivity index (χ3n) is 7.54. The number of halogens is 4. The Balaban J connectivity index is 1.61. The van der Waals surface area contributed by atoms with Gasteiger partial charge in [0, 0.05) is 44.2 Å². The molecule has 0 spiro atoms. The lowest BCUT2D eigenvalue weighted by molar-refractivity contribution is -0.142. The smallest absolute Gasteiger partial charge is 0.417 e. The van der Waals surface area contributed by atoms with Crippen LogP contribution in [-0.4, -0.2) is 77.0 Å². The molecule has 0 saturated carbocycles. The van der Waals surface area contributed by atoms with E-state index in [0.717, 1.165) is 16.8 Å². The molecule has 2 saturated heterocycles. The van der Waals surface area contributed by atoms with E-state index in [-0.39, 0.29) is 28.1 Å². The summed E-state index contributed by atoms with van der Waals surface area (Å²) < 4.78 is 47.8. The maximum absolute atomic E-state index is 13.9. The highest BCUT2D eigenvalue weighted by atomic mass is 35.5. The first-order valence-corrected chi connectivity index (χ1v) is 13.1. The molecule has 1 aromatic heterocycles. The topological polar surface area (TPSA) is 105 Å². The van der Waals surface area contributed by atoms with Gasteiger partial charge in [0.15, 0.2) is 5.82 Å². The zero-order valence-electron chi connectivity index (χ0n) is 21.4. The van der Waals surface area contributed by atoms with Crippen LogP contribution < -0.4 is 4.90 Å². The van der Waals surface area contributed by atoms with Crippen LogP contribution in [0.5, 0.6) is 0 Å². The molecule has 2 aliphatic heterocycles. The Bertz CT molecular complexity index is 1480. The molecule has 212 valence electrons. The summed E-state index contributed by atoms with van der Waals surface area (Å²) in [6.07, 6.45) is -3.60. The highest BCUT2D eigenvalue weighted by molar-refractivity contribution is 6.34. The van der Waals surface area contributed by atoms with Crippen molar-refractivity contribution in [3.8, 4) is 0 Å². The molecule has 2 aliphatic rings. The average Bonchev–Trinajstić information content (AvgIpc) is 3.56. The third-order valence-corrected chi connectivity index (χ3v) is 7.86. The van der Waals surface area contributed by atoms with Gasteiger partial charge in [-0.2, -0.15) is 17.9 Å². The van der Waals surface area contributed by atoms with Gasteiger partial charge in [-0.1, -0.05) is 17.7 Å². The fourth-order valence-electron chi connectivity index (χ4n) is 5.33. The minimum Gasteiger partial charge on any atom is -0.481 e. The summed E-state index contributed by atoms with van der Waals surface area (Å²) in [4.78, 5) is 41.8. The Morgan fingerprint density at radius 3 is 2.40 bits per heavy atom. The van der Waals surface area contributed by atoms with Crippen LogP contribution in [0.25, 0.3) is 10.9 Å². The van der Waals surface area contributed by atoms with Crippen LogP contribution in [0, 0.1) is 5.92 Å². The SMILES string of the molecule is COC1CCN(C(=O)c2ccc3c(N4CCC(C(=O)O)CC4)nn(C(=O)c4c(Cl)cccc4C(F)(F)F)c3c2)C1. The second-order valence-electron chi connectivity index (χ2n) is 9.93. The average molecular weight is 579 g/mol. The Hall–Kier alpha value is -3.64. The second-order valence-corrected chi connectivity index (χ2v) is 10.3. The lowest BCUT2D eigenvalue weighted by Crippen LogP contribution is -2.36.